The van der Waals surface area contributed by atoms with Gasteiger partial charge in [0.25, 0.3) is 0 Å². The zero-order valence-electron chi connectivity index (χ0n) is 16.1. The average molecular weight is 294 g/mol. The van der Waals surface area contributed by atoms with Gasteiger partial charge in [-0.3, -0.25) is 0 Å². The Morgan fingerprint density at radius 2 is 0.364 bits per heavy atom. The summed E-state index contributed by atoms with van der Waals surface area (Å²) < 4.78 is 0. The van der Waals surface area contributed by atoms with Crippen LogP contribution in [0.1, 0.15) is 116 Å². The molecule has 122 valence electrons. The van der Waals surface area contributed by atoms with Crippen molar-refractivity contribution < 1.29 is 0 Å². The standard InChI is InChI=1S/C20H40.2Li/c1-3-5-7-9-11-13-15-17-19-20-18-16-14-12-10-8-6-4-2;;/h1-20H2;;. The van der Waals surface area contributed by atoms with E-state index in [0.717, 1.165) is 0 Å². The molecule has 0 saturated carbocycles. The van der Waals surface area contributed by atoms with Crippen molar-refractivity contribution >= 4 is 35.4 Å². The molecule has 0 bridgehead atoms. The van der Waals surface area contributed by atoms with Gasteiger partial charge in [0.2, 0.25) is 0 Å². The summed E-state index contributed by atoms with van der Waals surface area (Å²) in [6.45, 7) is 0. The Hall–Kier alpha value is 1.19. The number of hydrogen-bond donors (Lipinski definition) is 0. The fourth-order valence-corrected chi connectivity index (χ4v) is 3.33. The van der Waals surface area contributed by atoms with E-state index in [9.17, 15) is 0 Å². The van der Waals surface area contributed by atoms with Crippen LogP contribution in [0.4, 0.5) is 0 Å². The van der Waals surface area contributed by atoms with Gasteiger partial charge < -0.3 is 0 Å². The van der Waals surface area contributed by atoms with Gasteiger partial charge in [0.15, 0.2) is 0 Å². The summed E-state index contributed by atoms with van der Waals surface area (Å²) in [5.74, 6) is 0. The molecule has 0 fully saturated rings. The second kappa shape index (κ2) is 22.2. The Morgan fingerprint density at radius 3 is 0.500 bits per heavy atom. The topological polar surface area (TPSA) is 0 Å². The number of hydrogen-bond acceptors (Lipinski definition) is 0. The summed E-state index contributed by atoms with van der Waals surface area (Å²) in [5, 5.41) is 2.75. The van der Waals surface area contributed by atoms with Gasteiger partial charge in [0.1, 0.15) is 0 Å². The Morgan fingerprint density at radius 1 is 0.227 bits per heavy atom. The molecule has 0 N–H and O–H groups in total. The van der Waals surface area contributed by atoms with Crippen LogP contribution in [-0.4, -0.2) is 35.4 Å². The van der Waals surface area contributed by atoms with Crippen LogP contribution >= 0.6 is 0 Å². The monoisotopic (exact) mass is 294 g/mol. The normalized spacial score (nSPS) is 11.3. The Kier molecular flexibility index (Phi) is 23.4. The maximum absolute atomic E-state index is 2.30. The van der Waals surface area contributed by atoms with Crippen molar-refractivity contribution in [3.63, 3.8) is 0 Å². The van der Waals surface area contributed by atoms with Gasteiger partial charge in [-0.15, -0.1) is 0 Å². The molecular formula is C20H40Li2. The molecule has 22 heavy (non-hydrogen) atoms. The van der Waals surface area contributed by atoms with Gasteiger partial charge in [0.05, 0.1) is 0 Å². The maximum atomic E-state index is 2.30. The summed E-state index contributed by atoms with van der Waals surface area (Å²) in [4.78, 5) is 0. The minimum atomic E-state index is 1.37. The minimum absolute atomic E-state index is 1.37. The molecule has 0 atom stereocenters. The van der Waals surface area contributed by atoms with Gasteiger partial charge in [-0.1, -0.05) is 0 Å². The molecule has 0 nitrogen and oxygen atoms in total. The molecule has 0 aromatic heterocycles. The molecule has 0 unspecified atom stereocenters. The van der Waals surface area contributed by atoms with Crippen LogP contribution in [0.5, 0.6) is 0 Å². The van der Waals surface area contributed by atoms with Crippen LogP contribution in [0.15, 0.2) is 0 Å². The first-order valence-electron chi connectivity index (χ1n) is 10.9. The van der Waals surface area contributed by atoms with Gasteiger partial charge >= 0.3 is 161 Å². The molecule has 0 aliphatic carbocycles. The van der Waals surface area contributed by atoms with Crippen molar-refractivity contribution in [3.05, 3.63) is 0 Å². The SMILES string of the molecule is [Li][CH2]CCCCCCCCCCCCCCCCCC[CH2][Li]. The fraction of sp³-hybridized carbons (Fsp3) is 1.00. The zero-order chi connectivity index (χ0) is 16.1. The van der Waals surface area contributed by atoms with Crippen LogP contribution in [0.2, 0.25) is 10.2 Å². The fourth-order valence-electron chi connectivity index (χ4n) is 3.33. The third-order valence-corrected chi connectivity index (χ3v) is 4.96. The molecule has 0 saturated heterocycles. The third-order valence-electron chi connectivity index (χ3n) is 4.96. The zero-order valence-corrected chi connectivity index (χ0v) is 16.1. The van der Waals surface area contributed by atoms with E-state index in [1.165, 1.54) is 126 Å². The van der Waals surface area contributed by atoms with Gasteiger partial charge in [0, 0.05) is 0 Å². The van der Waals surface area contributed by atoms with Crippen LogP contribution < -0.4 is 0 Å². The predicted molar refractivity (Wildman–Crippen MR) is 104 cm³/mol. The van der Waals surface area contributed by atoms with E-state index in [0.29, 0.717) is 0 Å². The first kappa shape index (κ1) is 23.2. The quantitative estimate of drug-likeness (QED) is 0.175. The number of rotatable bonds is 19. The Bertz CT molecular complexity index is 163. The van der Waals surface area contributed by atoms with Crippen LogP contribution in [0.25, 0.3) is 0 Å². The van der Waals surface area contributed by atoms with E-state index in [1.54, 1.807) is 0 Å². The first-order chi connectivity index (χ1) is 10.9. The average Bonchev–Trinajstić information content (AvgIpc) is 2.54. The summed E-state index contributed by atoms with van der Waals surface area (Å²) in [7, 11) is 0. The molecule has 0 spiro atoms. The molecule has 0 heterocycles. The predicted octanol–water partition coefficient (Wildman–Crippen LogP) is 7.18. The molecular weight excluding hydrogens is 254 g/mol. The van der Waals surface area contributed by atoms with E-state index in [2.05, 4.69) is 35.4 Å². The second-order valence-corrected chi connectivity index (χ2v) is 7.36. The molecule has 0 aromatic carbocycles. The van der Waals surface area contributed by atoms with E-state index < -0.39 is 0 Å². The van der Waals surface area contributed by atoms with Crippen molar-refractivity contribution in [3.8, 4) is 0 Å². The van der Waals surface area contributed by atoms with E-state index in [4.69, 9.17) is 0 Å². The number of unbranched alkanes of at least 4 members (excludes halogenated alkanes) is 17. The molecule has 2 heteroatoms. The summed E-state index contributed by atoms with van der Waals surface area (Å²) in [6.07, 6.45) is 26.7. The van der Waals surface area contributed by atoms with Crippen LogP contribution in [0.3, 0.4) is 0 Å². The van der Waals surface area contributed by atoms with Crippen molar-refractivity contribution in [1.82, 2.24) is 0 Å². The molecule has 0 amide bonds. The van der Waals surface area contributed by atoms with Crippen LogP contribution in [-0.2, 0) is 0 Å². The summed E-state index contributed by atoms with van der Waals surface area (Å²) in [6, 6.07) is 0. The van der Waals surface area contributed by atoms with Crippen molar-refractivity contribution in [2.75, 3.05) is 0 Å². The van der Waals surface area contributed by atoms with E-state index in [-0.39, 0.29) is 0 Å². The third kappa shape index (κ3) is 21.2. The van der Waals surface area contributed by atoms with Crippen molar-refractivity contribution in [2.45, 2.75) is 126 Å². The molecule has 0 rings (SSSR count). The first-order valence-corrected chi connectivity index (χ1v) is 10.9. The van der Waals surface area contributed by atoms with Gasteiger partial charge in [-0.25, -0.2) is 0 Å². The van der Waals surface area contributed by atoms with Gasteiger partial charge in [-0.2, -0.15) is 0 Å². The van der Waals surface area contributed by atoms with Gasteiger partial charge in [-0.05, 0) is 0 Å². The van der Waals surface area contributed by atoms with E-state index in [1.807, 2.05) is 0 Å². The summed E-state index contributed by atoms with van der Waals surface area (Å²) in [5.41, 5.74) is 0. The molecule has 0 aromatic rings. The Labute approximate surface area is 160 Å². The van der Waals surface area contributed by atoms with Crippen molar-refractivity contribution in [1.29, 1.82) is 0 Å². The molecule has 0 aliphatic rings. The van der Waals surface area contributed by atoms with E-state index >= 15 is 0 Å². The molecule has 0 aliphatic heterocycles. The Balaban J connectivity index is 2.91. The summed E-state index contributed by atoms with van der Waals surface area (Å²) >= 11 is 4.60. The molecule has 0 radical (unpaired) electrons. The second-order valence-electron chi connectivity index (χ2n) is 7.36. The van der Waals surface area contributed by atoms with Crippen LogP contribution in [0, 0.1) is 0 Å². The van der Waals surface area contributed by atoms with Crippen molar-refractivity contribution in [2.24, 2.45) is 0 Å².